The standard InChI is InChI=1S/C14H17NO5.C13H15NO5.C9H16N2/c1-19-13(17)12-7-11(16)8-15(12)14(18)20-9-10-5-3-2-4-6-10;15-10-6-11(12(16)17)14(7-10)13(18)19-8-9-4-2-1-3-5-9;1-2-5-9-10-6-4-8-11(9)7-3-1/h2-6,11-12,16H,7-9H2,1H3;1-5,10-11,15H,6-8H2,(H,16,17);1-8H2/t11-,12-;10-,11-;/m11./s1. The highest BCUT2D eigenvalue weighted by Crippen LogP contribution is 2.21. The van der Waals surface area contributed by atoms with Crippen molar-refractivity contribution in [3.8, 4) is 0 Å². The van der Waals surface area contributed by atoms with Crippen LogP contribution in [0, 0.1) is 0 Å². The molecule has 0 radical (unpaired) electrons. The van der Waals surface area contributed by atoms with Gasteiger partial charge in [0.1, 0.15) is 25.3 Å². The van der Waals surface area contributed by atoms with E-state index in [1.807, 2.05) is 48.5 Å². The SMILES string of the molecule is C1CCC2=NCCCN2CC1.COC(=O)[C@H]1C[C@@H](O)CN1C(=O)OCc1ccccc1.O=C(O)[C@H]1C[C@@H](O)CN1C(=O)OCc1ccccc1. The number of carboxylic acids is 1. The first-order valence-corrected chi connectivity index (χ1v) is 17.1. The molecule has 0 aromatic heterocycles. The summed E-state index contributed by atoms with van der Waals surface area (Å²) in [5.41, 5.74) is 1.68. The van der Waals surface area contributed by atoms with Crippen LogP contribution in [0.5, 0.6) is 0 Å². The number of rotatable bonds is 6. The van der Waals surface area contributed by atoms with Crippen molar-refractivity contribution in [2.24, 2.45) is 4.99 Å². The summed E-state index contributed by atoms with van der Waals surface area (Å²) in [7, 11) is 1.25. The maximum atomic E-state index is 12.0. The quantitative estimate of drug-likeness (QED) is 0.298. The van der Waals surface area contributed by atoms with Crippen LogP contribution in [-0.2, 0) is 37.0 Å². The van der Waals surface area contributed by atoms with Gasteiger partial charge in [-0.1, -0.05) is 67.1 Å². The molecule has 4 atom stereocenters. The molecular weight excluding hydrogens is 648 g/mol. The highest BCUT2D eigenvalue weighted by atomic mass is 16.6. The normalized spacial score (nSPS) is 22.7. The van der Waals surface area contributed by atoms with Crippen molar-refractivity contribution in [1.29, 1.82) is 0 Å². The van der Waals surface area contributed by atoms with Gasteiger partial charge in [-0.2, -0.15) is 0 Å². The number of carboxylic acid groups (broad SMARTS) is 1. The number of hydrogen-bond acceptors (Lipinski definition) is 11. The minimum absolute atomic E-state index is 0.00934. The first-order chi connectivity index (χ1) is 24.2. The molecule has 4 aliphatic heterocycles. The van der Waals surface area contributed by atoms with Gasteiger partial charge in [-0.15, -0.1) is 0 Å². The Balaban J connectivity index is 0.000000175. The van der Waals surface area contributed by atoms with Gasteiger partial charge in [0.15, 0.2) is 0 Å². The van der Waals surface area contributed by atoms with Crippen molar-refractivity contribution in [2.75, 3.05) is 39.8 Å². The molecule has 2 aromatic carbocycles. The van der Waals surface area contributed by atoms with Crippen LogP contribution in [0.2, 0.25) is 0 Å². The molecule has 0 saturated carbocycles. The number of amidine groups is 1. The van der Waals surface area contributed by atoms with Gasteiger partial charge in [-0.3, -0.25) is 14.8 Å². The van der Waals surface area contributed by atoms with Crippen LogP contribution in [0.3, 0.4) is 0 Å². The fourth-order valence-electron chi connectivity index (χ4n) is 6.17. The monoisotopic (exact) mass is 696 g/mol. The average molecular weight is 697 g/mol. The Bertz CT molecular complexity index is 1430. The molecule has 3 fully saturated rings. The first-order valence-electron chi connectivity index (χ1n) is 17.1. The third-order valence-corrected chi connectivity index (χ3v) is 8.77. The molecule has 272 valence electrons. The topological polar surface area (TPSA) is 179 Å². The molecule has 4 heterocycles. The number of amides is 2. The Kier molecular flexibility index (Phi) is 14.9. The highest BCUT2D eigenvalue weighted by Gasteiger charge is 2.41. The number of ether oxygens (including phenoxy) is 3. The maximum absolute atomic E-state index is 12.0. The van der Waals surface area contributed by atoms with E-state index in [1.54, 1.807) is 12.1 Å². The lowest BCUT2D eigenvalue weighted by atomic mass is 10.2. The van der Waals surface area contributed by atoms with Crippen LogP contribution < -0.4 is 0 Å². The number of hydrogen-bond donors (Lipinski definition) is 3. The molecule has 0 spiro atoms. The number of aliphatic hydroxyl groups excluding tert-OH is 2. The van der Waals surface area contributed by atoms with Crippen molar-refractivity contribution in [2.45, 2.75) is 82.5 Å². The number of aliphatic carboxylic acids is 1. The molecule has 14 nitrogen and oxygen atoms in total. The van der Waals surface area contributed by atoms with Crippen LogP contribution in [0.4, 0.5) is 9.59 Å². The average Bonchev–Trinajstić information content (AvgIpc) is 3.64. The van der Waals surface area contributed by atoms with Gasteiger partial charge < -0.3 is 34.4 Å². The van der Waals surface area contributed by atoms with E-state index in [4.69, 9.17) is 14.6 Å². The van der Waals surface area contributed by atoms with Gasteiger partial charge in [-0.25, -0.2) is 19.2 Å². The number of methoxy groups -OCH3 is 1. The predicted molar refractivity (Wildman–Crippen MR) is 182 cm³/mol. The molecule has 3 saturated heterocycles. The van der Waals surface area contributed by atoms with E-state index >= 15 is 0 Å². The van der Waals surface area contributed by atoms with Crippen LogP contribution >= 0.6 is 0 Å². The highest BCUT2D eigenvalue weighted by molar-refractivity contribution is 5.83. The molecule has 6 rings (SSSR count). The second kappa shape index (κ2) is 19.5. The third-order valence-electron chi connectivity index (χ3n) is 8.77. The van der Waals surface area contributed by atoms with Gasteiger partial charge in [-0.05, 0) is 30.4 Å². The number of β-amino-alcohol motifs (C(OH)–C–C–N with tert-alkyl or cyclic N) is 2. The van der Waals surface area contributed by atoms with Crippen molar-refractivity contribution >= 4 is 30.0 Å². The lowest BCUT2D eigenvalue weighted by Gasteiger charge is -2.27. The smallest absolute Gasteiger partial charge is 0.410 e. The first kappa shape index (κ1) is 38.1. The van der Waals surface area contributed by atoms with E-state index in [1.165, 1.54) is 63.0 Å². The summed E-state index contributed by atoms with van der Waals surface area (Å²) < 4.78 is 14.8. The molecule has 2 amide bonds. The van der Waals surface area contributed by atoms with Crippen LogP contribution in [0.25, 0.3) is 0 Å². The van der Waals surface area contributed by atoms with E-state index in [-0.39, 0.29) is 39.1 Å². The molecule has 0 unspecified atom stereocenters. The van der Waals surface area contributed by atoms with Gasteiger partial charge in [0, 0.05) is 38.9 Å². The summed E-state index contributed by atoms with van der Waals surface area (Å²) in [5.74, 6) is -0.278. The van der Waals surface area contributed by atoms with Gasteiger partial charge in [0.2, 0.25) is 0 Å². The number of carbonyl (C=O) groups excluding carboxylic acids is 3. The Morgan fingerprint density at radius 2 is 1.26 bits per heavy atom. The van der Waals surface area contributed by atoms with Crippen molar-refractivity contribution in [3.05, 3.63) is 71.8 Å². The minimum atomic E-state index is -1.13. The summed E-state index contributed by atoms with van der Waals surface area (Å²) in [5, 5.41) is 28.0. The molecule has 4 aliphatic rings. The number of nitrogens with zero attached hydrogens (tertiary/aromatic N) is 4. The van der Waals surface area contributed by atoms with Crippen LogP contribution in [-0.4, -0.2) is 124 Å². The molecule has 50 heavy (non-hydrogen) atoms. The predicted octanol–water partition coefficient (Wildman–Crippen LogP) is 3.44. The third kappa shape index (κ3) is 11.4. The fraction of sp³-hybridized carbons (Fsp3) is 0.528. The summed E-state index contributed by atoms with van der Waals surface area (Å²) >= 11 is 0. The minimum Gasteiger partial charge on any atom is -0.480 e. The van der Waals surface area contributed by atoms with Crippen molar-refractivity contribution in [3.63, 3.8) is 0 Å². The lowest BCUT2D eigenvalue weighted by molar-refractivity contribution is -0.145. The number of benzene rings is 2. The number of aliphatic imine (C=N–C) groups is 1. The second-order valence-electron chi connectivity index (χ2n) is 12.5. The summed E-state index contributed by atoms with van der Waals surface area (Å²) in [6.07, 6.45) is 3.96. The van der Waals surface area contributed by atoms with E-state index in [0.717, 1.165) is 22.6 Å². The fourth-order valence-corrected chi connectivity index (χ4v) is 6.17. The number of carbonyl (C=O) groups is 4. The Labute approximate surface area is 292 Å². The Morgan fingerprint density at radius 1 is 0.740 bits per heavy atom. The number of aliphatic hydroxyl groups is 2. The number of fused-ring (bicyclic) bond motifs is 1. The second-order valence-corrected chi connectivity index (χ2v) is 12.5. The van der Waals surface area contributed by atoms with E-state index < -0.39 is 48.4 Å². The molecule has 3 N–H and O–H groups in total. The summed E-state index contributed by atoms with van der Waals surface area (Å²) in [6.45, 7) is 3.88. The van der Waals surface area contributed by atoms with Gasteiger partial charge in [0.25, 0.3) is 0 Å². The molecule has 14 heteroatoms. The van der Waals surface area contributed by atoms with E-state index in [9.17, 15) is 29.4 Å². The Hall–Kier alpha value is -4.69. The zero-order valence-corrected chi connectivity index (χ0v) is 28.5. The number of likely N-dealkylation sites (tertiary alicyclic amines) is 2. The van der Waals surface area contributed by atoms with E-state index in [0.29, 0.717) is 0 Å². The molecule has 2 aromatic rings. The van der Waals surface area contributed by atoms with Crippen molar-refractivity contribution in [1.82, 2.24) is 14.7 Å². The lowest BCUT2D eigenvalue weighted by Crippen LogP contribution is -2.41. The summed E-state index contributed by atoms with van der Waals surface area (Å²) in [4.78, 5) is 55.6. The zero-order valence-electron chi connectivity index (χ0n) is 28.5. The maximum Gasteiger partial charge on any atom is 0.410 e. The molecule has 0 aliphatic carbocycles. The van der Waals surface area contributed by atoms with Crippen LogP contribution in [0.1, 0.15) is 56.1 Å². The van der Waals surface area contributed by atoms with Gasteiger partial charge >= 0.3 is 24.1 Å². The Morgan fingerprint density at radius 3 is 1.80 bits per heavy atom. The van der Waals surface area contributed by atoms with Gasteiger partial charge in [0.05, 0.1) is 38.2 Å². The molecule has 0 bridgehead atoms. The zero-order chi connectivity index (χ0) is 35.9. The van der Waals surface area contributed by atoms with Crippen LogP contribution in [0.15, 0.2) is 65.7 Å². The number of esters is 1. The molecular formula is C36H48N4O10. The van der Waals surface area contributed by atoms with E-state index in [2.05, 4.69) is 14.6 Å². The van der Waals surface area contributed by atoms with Crippen molar-refractivity contribution < 1.29 is 48.7 Å². The largest absolute Gasteiger partial charge is 0.480 e. The summed E-state index contributed by atoms with van der Waals surface area (Å²) in [6, 6.07) is 16.6.